The molecule has 118 valence electrons. The molecule has 3 nitrogen and oxygen atoms in total. The molecule has 0 fully saturated rings. The van der Waals surface area contributed by atoms with Crippen LogP contribution in [0.2, 0.25) is 0 Å². The monoisotopic (exact) mass is 335 g/mol. The van der Waals surface area contributed by atoms with Crippen LogP contribution in [0.4, 0.5) is 19.0 Å². The zero-order valence-electron chi connectivity index (χ0n) is 11.8. The Morgan fingerprint density at radius 1 is 1.04 bits per heavy atom. The summed E-state index contributed by atoms with van der Waals surface area (Å²) in [6, 6.07) is 10.9. The van der Waals surface area contributed by atoms with Crippen LogP contribution >= 0.6 is 11.3 Å². The molecular weight excluding hydrogens is 323 g/mol. The van der Waals surface area contributed by atoms with Gasteiger partial charge in [0, 0.05) is 12.6 Å². The molecule has 0 aliphatic rings. The number of anilines is 1. The second-order valence-corrected chi connectivity index (χ2v) is 5.77. The van der Waals surface area contributed by atoms with E-state index in [0.717, 1.165) is 22.7 Å². The van der Waals surface area contributed by atoms with Crippen LogP contribution in [-0.2, 0) is 12.7 Å². The minimum absolute atomic E-state index is 0.255. The molecular formula is C16H12F3N3S. The zero-order chi connectivity index (χ0) is 16.3. The summed E-state index contributed by atoms with van der Waals surface area (Å²) in [5.41, 5.74) is 0.663. The third kappa shape index (κ3) is 3.87. The number of halogens is 3. The molecule has 2 heterocycles. The number of nitrogens with one attached hydrogen (secondary N) is 1. The van der Waals surface area contributed by atoms with Gasteiger partial charge in [0.05, 0.1) is 16.1 Å². The van der Waals surface area contributed by atoms with E-state index in [0.29, 0.717) is 11.4 Å². The van der Waals surface area contributed by atoms with Crippen molar-refractivity contribution in [3.8, 4) is 10.6 Å². The highest BCUT2D eigenvalue weighted by molar-refractivity contribution is 7.13. The normalized spacial score (nSPS) is 11.4. The molecule has 0 radical (unpaired) electrons. The Bertz CT molecular complexity index is 785. The maximum Gasteiger partial charge on any atom is 0.416 e. The van der Waals surface area contributed by atoms with Crippen molar-refractivity contribution in [3.63, 3.8) is 0 Å². The number of aromatic nitrogens is 2. The summed E-state index contributed by atoms with van der Waals surface area (Å²) in [6.07, 6.45) is -2.90. The number of nitrogens with zero attached hydrogens (tertiary/aromatic N) is 2. The van der Waals surface area contributed by atoms with Gasteiger partial charge in [-0.05, 0) is 29.1 Å². The minimum atomic E-state index is -4.34. The second kappa shape index (κ2) is 6.37. The lowest BCUT2D eigenvalue weighted by molar-refractivity contribution is -0.137. The van der Waals surface area contributed by atoms with Crippen LogP contribution in [0.5, 0.6) is 0 Å². The summed E-state index contributed by atoms with van der Waals surface area (Å²) in [4.78, 5) is 9.30. The largest absolute Gasteiger partial charge is 0.416 e. The van der Waals surface area contributed by atoms with Crippen molar-refractivity contribution >= 4 is 17.2 Å². The van der Waals surface area contributed by atoms with Crippen LogP contribution < -0.4 is 5.32 Å². The molecule has 0 saturated heterocycles. The Balaban J connectivity index is 1.73. The Labute approximate surface area is 134 Å². The predicted octanol–water partition coefficient (Wildman–Crippen LogP) is 4.84. The summed E-state index contributed by atoms with van der Waals surface area (Å²) >= 11 is 1.56. The lowest BCUT2D eigenvalue weighted by Gasteiger charge is -2.10. The summed E-state index contributed by atoms with van der Waals surface area (Å²) in [5, 5.41) is 4.98. The Morgan fingerprint density at radius 3 is 2.65 bits per heavy atom. The molecule has 3 aromatic rings. The van der Waals surface area contributed by atoms with Gasteiger partial charge in [0.15, 0.2) is 0 Å². The number of hydrogen-bond acceptors (Lipinski definition) is 4. The second-order valence-electron chi connectivity index (χ2n) is 4.82. The molecule has 0 spiro atoms. The SMILES string of the molecule is FC(F)(F)c1cccc(CNc2cc(-c3cccs3)ncn2)c1. The van der Waals surface area contributed by atoms with E-state index in [9.17, 15) is 13.2 Å². The van der Waals surface area contributed by atoms with Crippen molar-refractivity contribution in [2.45, 2.75) is 12.7 Å². The number of hydrogen-bond donors (Lipinski definition) is 1. The predicted molar refractivity (Wildman–Crippen MR) is 84.1 cm³/mol. The van der Waals surface area contributed by atoms with E-state index in [1.54, 1.807) is 23.5 Å². The van der Waals surface area contributed by atoms with Gasteiger partial charge in [-0.1, -0.05) is 18.2 Å². The van der Waals surface area contributed by atoms with Gasteiger partial charge in [-0.15, -0.1) is 11.3 Å². The van der Waals surface area contributed by atoms with Gasteiger partial charge in [-0.3, -0.25) is 0 Å². The first-order chi connectivity index (χ1) is 11.0. The molecule has 2 aromatic heterocycles. The van der Waals surface area contributed by atoms with Crippen LogP contribution in [-0.4, -0.2) is 9.97 Å². The quantitative estimate of drug-likeness (QED) is 0.742. The maximum absolute atomic E-state index is 12.7. The standard InChI is InChI=1S/C16H12F3N3S/c17-16(18,19)12-4-1-3-11(7-12)9-20-15-8-13(21-10-22-15)14-5-2-6-23-14/h1-8,10H,9H2,(H,20,21,22). The van der Waals surface area contributed by atoms with Gasteiger partial charge in [0.2, 0.25) is 0 Å². The lowest BCUT2D eigenvalue weighted by atomic mass is 10.1. The summed E-state index contributed by atoms with van der Waals surface area (Å²) in [5.74, 6) is 0.570. The van der Waals surface area contributed by atoms with E-state index in [4.69, 9.17) is 0 Å². The highest BCUT2D eigenvalue weighted by Crippen LogP contribution is 2.29. The van der Waals surface area contributed by atoms with Gasteiger partial charge in [-0.25, -0.2) is 9.97 Å². The first-order valence-corrected chi connectivity index (χ1v) is 7.66. The van der Waals surface area contributed by atoms with Crippen molar-refractivity contribution in [2.24, 2.45) is 0 Å². The first kappa shape index (κ1) is 15.5. The molecule has 0 unspecified atom stereocenters. The fraction of sp³-hybridized carbons (Fsp3) is 0.125. The van der Waals surface area contributed by atoms with Crippen molar-refractivity contribution in [2.75, 3.05) is 5.32 Å². The molecule has 0 bridgehead atoms. The molecule has 0 amide bonds. The third-order valence-corrected chi connectivity index (χ3v) is 4.06. The number of benzene rings is 1. The summed E-state index contributed by atoms with van der Waals surface area (Å²) in [7, 11) is 0. The van der Waals surface area contributed by atoms with E-state index in [1.165, 1.54) is 12.4 Å². The van der Waals surface area contributed by atoms with Crippen molar-refractivity contribution in [1.82, 2.24) is 9.97 Å². The fourth-order valence-corrected chi connectivity index (χ4v) is 2.76. The van der Waals surface area contributed by atoms with Crippen LogP contribution in [0.15, 0.2) is 54.2 Å². The van der Waals surface area contributed by atoms with E-state index < -0.39 is 11.7 Å². The Kier molecular flexibility index (Phi) is 4.29. The Hall–Kier alpha value is -2.41. The van der Waals surface area contributed by atoms with E-state index >= 15 is 0 Å². The van der Waals surface area contributed by atoms with Crippen molar-refractivity contribution < 1.29 is 13.2 Å². The van der Waals surface area contributed by atoms with Gasteiger partial charge in [0.1, 0.15) is 12.1 Å². The molecule has 0 saturated carbocycles. The molecule has 1 aromatic carbocycles. The van der Waals surface area contributed by atoms with Crippen LogP contribution in [0.1, 0.15) is 11.1 Å². The van der Waals surface area contributed by atoms with Crippen molar-refractivity contribution in [1.29, 1.82) is 0 Å². The van der Waals surface area contributed by atoms with Crippen LogP contribution in [0.3, 0.4) is 0 Å². The maximum atomic E-state index is 12.7. The van der Waals surface area contributed by atoms with Crippen LogP contribution in [0.25, 0.3) is 10.6 Å². The summed E-state index contributed by atoms with van der Waals surface area (Å²) in [6.45, 7) is 0.255. The third-order valence-electron chi connectivity index (χ3n) is 3.17. The van der Waals surface area contributed by atoms with E-state index in [-0.39, 0.29) is 6.54 Å². The van der Waals surface area contributed by atoms with E-state index in [2.05, 4.69) is 15.3 Å². The highest BCUT2D eigenvalue weighted by Gasteiger charge is 2.30. The molecule has 23 heavy (non-hydrogen) atoms. The first-order valence-electron chi connectivity index (χ1n) is 6.78. The smallest absolute Gasteiger partial charge is 0.366 e. The van der Waals surface area contributed by atoms with Gasteiger partial charge >= 0.3 is 6.18 Å². The highest BCUT2D eigenvalue weighted by atomic mass is 32.1. The van der Waals surface area contributed by atoms with Gasteiger partial charge < -0.3 is 5.32 Å². The average Bonchev–Trinajstić information content (AvgIpc) is 3.07. The molecule has 7 heteroatoms. The molecule has 0 aliphatic carbocycles. The number of rotatable bonds is 4. The number of thiophene rings is 1. The fourth-order valence-electron chi connectivity index (χ4n) is 2.06. The Morgan fingerprint density at radius 2 is 1.91 bits per heavy atom. The lowest BCUT2D eigenvalue weighted by Crippen LogP contribution is -2.07. The summed E-state index contributed by atoms with van der Waals surface area (Å²) < 4.78 is 38.1. The van der Waals surface area contributed by atoms with E-state index in [1.807, 2.05) is 17.5 Å². The topological polar surface area (TPSA) is 37.8 Å². The van der Waals surface area contributed by atoms with Crippen molar-refractivity contribution in [3.05, 3.63) is 65.3 Å². The molecule has 0 atom stereocenters. The van der Waals surface area contributed by atoms with Gasteiger partial charge in [-0.2, -0.15) is 13.2 Å². The zero-order valence-corrected chi connectivity index (χ0v) is 12.7. The average molecular weight is 335 g/mol. The minimum Gasteiger partial charge on any atom is -0.366 e. The number of alkyl halides is 3. The molecule has 3 rings (SSSR count). The van der Waals surface area contributed by atoms with Gasteiger partial charge in [0.25, 0.3) is 0 Å². The molecule has 0 aliphatic heterocycles. The van der Waals surface area contributed by atoms with Crippen LogP contribution in [0, 0.1) is 0 Å². The molecule has 1 N–H and O–H groups in total.